The van der Waals surface area contributed by atoms with Crippen LogP contribution < -0.4 is 0 Å². The van der Waals surface area contributed by atoms with E-state index in [0.29, 0.717) is 26.1 Å². The highest BCUT2D eigenvalue weighted by Gasteiger charge is 2.36. The van der Waals surface area contributed by atoms with Gasteiger partial charge in [0.15, 0.2) is 5.78 Å². The van der Waals surface area contributed by atoms with Crippen LogP contribution in [0, 0.1) is 5.92 Å². The van der Waals surface area contributed by atoms with Gasteiger partial charge in [-0.2, -0.15) is 0 Å². The summed E-state index contributed by atoms with van der Waals surface area (Å²) in [7, 11) is 1.36. The average Bonchev–Trinajstić information content (AvgIpc) is 2.83. The maximum absolute atomic E-state index is 13.2. The highest BCUT2D eigenvalue weighted by molar-refractivity contribution is 5.97. The van der Waals surface area contributed by atoms with Gasteiger partial charge in [-0.3, -0.25) is 14.5 Å². The van der Waals surface area contributed by atoms with Crippen molar-refractivity contribution in [3.63, 3.8) is 0 Å². The summed E-state index contributed by atoms with van der Waals surface area (Å²) in [6.07, 6.45) is 1.96. The van der Waals surface area contributed by atoms with Crippen LogP contribution in [0.2, 0.25) is 0 Å². The first-order valence-electron chi connectivity index (χ1n) is 10.8. The van der Waals surface area contributed by atoms with Gasteiger partial charge in [0.05, 0.1) is 13.7 Å². The summed E-state index contributed by atoms with van der Waals surface area (Å²) in [6.45, 7) is 2.06. The number of hydrogen-bond acceptors (Lipinski definition) is 5. The summed E-state index contributed by atoms with van der Waals surface area (Å²) >= 11 is 0. The summed E-state index contributed by atoms with van der Waals surface area (Å²) in [5, 5.41) is 0. The molecule has 1 saturated heterocycles. The Bertz CT molecular complexity index is 951. The lowest BCUT2D eigenvalue weighted by atomic mass is 9.89. The summed E-state index contributed by atoms with van der Waals surface area (Å²) in [5.41, 5.74) is 2.91. The molecular formula is C25H28N2O4. The number of nitrogens with zero attached hydrogens (tertiary/aromatic N) is 2. The second-order valence-electron chi connectivity index (χ2n) is 8.31. The minimum absolute atomic E-state index is 0.00145. The number of ketones is 1. The van der Waals surface area contributed by atoms with Crippen molar-refractivity contribution in [2.24, 2.45) is 5.92 Å². The molecule has 0 radical (unpaired) electrons. The predicted octanol–water partition coefficient (Wildman–Crippen LogP) is 2.71. The van der Waals surface area contributed by atoms with Crippen LogP contribution in [0.15, 0.2) is 54.6 Å². The third-order valence-corrected chi connectivity index (χ3v) is 6.42. The van der Waals surface area contributed by atoms with Crippen molar-refractivity contribution in [2.75, 3.05) is 26.7 Å². The molecule has 2 aliphatic rings. The van der Waals surface area contributed by atoms with Crippen LogP contribution in [-0.4, -0.2) is 60.2 Å². The summed E-state index contributed by atoms with van der Waals surface area (Å²) in [4.78, 5) is 42.0. The Morgan fingerprint density at radius 2 is 1.58 bits per heavy atom. The number of benzene rings is 2. The second kappa shape index (κ2) is 9.43. The number of ether oxygens (including phenoxy) is 1. The topological polar surface area (TPSA) is 66.9 Å². The quantitative estimate of drug-likeness (QED) is 0.550. The Hall–Kier alpha value is -2.99. The highest BCUT2D eigenvalue weighted by atomic mass is 16.5. The molecule has 1 fully saturated rings. The summed E-state index contributed by atoms with van der Waals surface area (Å²) in [6, 6.07) is 16.7. The first kappa shape index (κ1) is 21.2. The number of Topliss-reactive ketones (excluding diaryl/α,β-unsaturated/α-hetero) is 1. The Balaban J connectivity index is 1.38. The first-order chi connectivity index (χ1) is 15.1. The largest absolute Gasteiger partial charge is 0.467 e. The lowest BCUT2D eigenvalue weighted by Crippen LogP contribution is -2.52. The molecule has 0 bridgehead atoms. The fourth-order valence-electron chi connectivity index (χ4n) is 4.61. The van der Waals surface area contributed by atoms with Crippen molar-refractivity contribution in [3.8, 4) is 0 Å². The third-order valence-electron chi connectivity index (χ3n) is 6.42. The van der Waals surface area contributed by atoms with Gasteiger partial charge in [-0.05, 0) is 37.1 Å². The van der Waals surface area contributed by atoms with E-state index in [0.717, 1.165) is 29.5 Å². The van der Waals surface area contributed by atoms with Crippen LogP contribution >= 0.6 is 0 Å². The molecule has 0 aliphatic carbocycles. The molecule has 2 aromatic carbocycles. The van der Waals surface area contributed by atoms with E-state index in [2.05, 4.69) is 4.90 Å². The maximum Gasteiger partial charge on any atom is 0.328 e. The third kappa shape index (κ3) is 4.69. The summed E-state index contributed by atoms with van der Waals surface area (Å²) < 4.78 is 4.97. The number of esters is 1. The van der Waals surface area contributed by atoms with Crippen molar-refractivity contribution >= 4 is 17.7 Å². The van der Waals surface area contributed by atoms with Gasteiger partial charge in [0.1, 0.15) is 6.04 Å². The van der Waals surface area contributed by atoms with Gasteiger partial charge >= 0.3 is 5.97 Å². The van der Waals surface area contributed by atoms with Gasteiger partial charge in [-0.15, -0.1) is 0 Å². The monoisotopic (exact) mass is 420 g/mol. The molecule has 6 heteroatoms. The number of hydrogen-bond donors (Lipinski definition) is 0. The average molecular weight is 421 g/mol. The standard InChI is InChI=1S/C25H28N2O4/c1-31-25(30)22-15-20-9-5-6-10-21(20)16-27(22)23(28)17-26-13-11-19(12-14-26)24(29)18-7-3-2-4-8-18/h2-10,19,22H,11-17H2,1H3. The minimum atomic E-state index is -0.593. The van der Waals surface area contributed by atoms with Crippen LogP contribution in [0.5, 0.6) is 0 Å². The lowest BCUT2D eigenvalue weighted by Gasteiger charge is -2.37. The van der Waals surface area contributed by atoms with Gasteiger partial charge < -0.3 is 9.64 Å². The lowest BCUT2D eigenvalue weighted by molar-refractivity contribution is -0.154. The van der Waals surface area contributed by atoms with E-state index in [-0.39, 0.29) is 30.1 Å². The van der Waals surface area contributed by atoms with Crippen LogP contribution in [-0.2, 0) is 27.3 Å². The van der Waals surface area contributed by atoms with Crippen molar-refractivity contribution < 1.29 is 19.1 Å². The van der Waals surface area contributed by atoms with Crippen LogP contribution in [0.1, 0.15) is 34.3 Å². The van der Waals surface area contributed by atoms with Gasteiger partial charge in [-0.25, -0.2) is 4.79 Å². The van der Waals surface area contributed by atoms with Gasteiger partial charge in [0, 0.05) is 24.4 Å². The van der Waals surface area contributed by atoms with E-state index in [1.165, 1.54) is 7.11 Å². The molecule has 0 N–H and O–H groups in total. The molecule has 0 saturated carbocycles. The number of amides is 1. The molecule has 2 aromatic rings. The molecule has 4 rings (SSSR count). The van der Waals surface area contributed by atoms with Gasteiger partial charge in [0.25, 0.3) is 0 Å². The number of fused-ring (bicyclic) bond motifs is 1. The smallest absolute Gasteiger partial charge is 0.328 e. The van der Waals surface area contributed by atoms with Crippen LogP contribution in [0.25, 0.3) is 0 Å². The molecule has 31 heavy (non-hydrogen) atoms. The molecular weight excluding hydrogens is 392 g/mol. The van der Waals surface area contributed by atoms with Crippen molar-refractivity contribution in [1.82, 2.24) is 9.80 Å². The van der Waals surface area contributed by atoms with E-state index in [4.69, 9.17) is 4.74 Å². The van der Waals surface area contributed by atoms with Gasteiger partial charge in [-0.1, -0.05) is 54.6 Å². The van der Waals surface area contributed by atoms with Crippen molar-refractivity contribution in [3.05, 3.63) is 71.3 Å². The molecule has 1 amide bonds. The zero-order valence-corrected chi connectivity index (χ0v) is 17.8. The molecule has 162 valence electrons. The SMILES string of the molecule is COC(=O)C1Cc2ccccc2CN1C(=O)CN1CCC(C(=O)c2ccccc2)CC1. The number of carbonyl (C=O) groups is 3. The van der Waals surface area contributed by atoms with E-state index < -0.39 is 6.04 Å². The number of carbonyl (C=O) groups excluding carboxylic acids is 3. The van der Waals surface area contributed by atoms with Gasteiger partial charge in [0.2, 0.25) is 5.91 Å². The molecule has 6 nitrogen and oxygen atoms in total. The molecule has 2 heterocycles. The van der Waals surface area contributed by atoms with Crippen molar-refractivity contribution in [2.45, 2.75) is 31.8 Å². The molecule has 1 unspecified atom stereocenters. The van der Waals surface area contributed by atoms with E-state index >= 15 is 0 Å². The van der Waals surface area contributed by atoms with E-state index in [9.17, 15) is 14.4 Å². The maximum atomic E-state index is 13.2. The molecule has 2 aliphatic heterocycles. The first-order valence-corrected chi connectivity index (χ1v) is 10.8. The normalized spacial score (nSPS) is 19.5. The van der Waals surface area contributed by atoms with Crippen LogP contribution in [0.3, 0.4) is 0 Å². The second-order valence-corrected chi connectivity index (χ2v) is 8.31. The molecule has 0 spiro atoms. The minimum Gasteiger partial charge on any atom is -0.467 e. The number of piperidine rings is 1. The summed E-state index contributed by atoms with van der Waals surface area (Å²) in [5.74, 6) is -0.267. The molecule has 1 atom stereocenters. The number of rotatable bonds is 5. The zero-order valence-electron chi connectivity index (χ0n) is 17.8. The fraction of sp³-hybridized carbons (Fsp3) is 0.400. The highest BCUT2D eigenvalue weighted by Crippen LogP contribution is 2.26. The Labute approximate surface area is 182 Å². The van der Waals surface area contributed by atoms with Crippen LogP contribution in [0.4, 0.5) is 0 Å². The predicted molar refractivity (Wildman–Crippen MR) is 116 cm³/mol. The van der Waals surface area contributed by atoms with E-state index in [1.54, 1.807) is 4.90 Å². The Morgan fingerprint density at radius 1 is 0.935 bits per heavy atom. The van der Waals surface area contributed by atoms with Crippen molar-refractivity contribution in [1.29, 1.82) is 0 Å². The molecule has 0 aromatic heterocycles. The Kier molecular flexibility index (Phi) is 6.47. The Morgan fingerprint density at radius 3 is 2.26 bits per heavy atom. The number of methoxy groups -OCH3 is 1. The zero-order chi connectivity index (χ0) is 21.8. The van der Waals surface area contributed by atoms with E-state index in [1.807, 2.05) is 54.6 Å². The number of likely N-dealkylation sites (tertiary alicyclic amines) is 1. The fourth-order valence-corrected chi connectivity index (χ4v) is 4.61.